The van der Waals surface area contributed by atoms with Crippen molar-refractivity contribution in [3.05, 3.63) is 118 Å². The van der Waals surface area contributed by atoms with Crippen molar-refractivity contribution < 1.29 is 28.2 Å². The van der Waals surface area contributed by atoms with Gasteiger partial charge < -0.3 is 33.5 Å². The second-order valence-electron chi connectivity index (χ2n) is 11.8. The zero-order valence-electron chi connectivity index (χ0n) is 27.7. The molecule has 1 atom stereocenters. The maximum absolute atomic E-state index is 13.4. The predicted molar refractivity (Wildman–Crippen MR) is 184 cm³/mol. The van der Waals surface area contributed by atoms with Crippen molar-refractivity contribution in [2.24, 2.45) is 0 Å². The zero-order valence-corrected chi connectivity index (χ0v) is 28.6. The summed E-state index contributed by atoms with van der Waals surface area (Å²) in [6.07, 6.45) is -0.445. The summed E-state index contributed by atoms with van der Waals surface area (Å²) in [5.74, 6) is 0.897. The lowest BCUT2D eigenvalue weighted by atomic mass is 9.77. The number of hydrogen-bond acceptors (Lipinski definition) is 10. The molecule has 254 valence electrons. The van der Waals surface area contributed by atoms with Crippen LogP contribution < -0.4 is 15.6 Å². The molecule has 2 aromatic heterocycles. The zero-order chi connectivity index (χ0) is 34.3. The molecule has 0 fully saturated rings. The van der Waals surface area contributed by atoms with Crippen molar-refractivity contribution in [2.75, 3.05) is 25.4 Å². The Labute approximate surface area is 279 Å². The highest BCUT2D eigenvalue weighted by Crippen LogP contribution is 2.50. The van der Waals surface area contributed by atoms with Gasteiger partial charge in [-0.1, -0.05) is 72.8 Å². The number of nitrogens with one attached hydrogen (secondary N) is 2. The van der Waals surface area contributed by atoms with Gasteiger partial charge in [0.2, 0.25) is 5.95 Å². The Bertz CT molecular complexity index is 1830. The van der Waals surface area contributed by atoms with E-state index in [4.69, 9.17) is 23.5 Å². The monoisotopic (exact) mass is 675 g/mol. The molecule has 3 N–H and O–H groups in total. The lowest BCUT2D eigenvalue weighted by molar-refractivity contribution is 0.0112. The smallest absolute Gasteiger partial charge is 0.356 e. The summed E-state index contributed by atoms with van der Waals surface area (Å²) in [6, 6.07) is 27.5. The first-order valence-electron chi connectivity index (χ1n) is 15.7. The number of rotatable bonds is 16. The largest absolute Gasteiger partial charge is 0.497 e. The molecule has 0 aliphatic rings. The van der Waals surface area contributed by atoms with Gasteiger partial charge in [-0.25, -0.2) is 4.98 Å². The van der Waals surface area contributed by atoms with Crippen LogP contribution in [0, 0.1) is 0 Å². The van der Waals surface area contributed by atoms with Gasteiger partial charge in [-0.05, 0) is 56.5 Å². The highest BCUT2D eigenvalue weighted by atomic mass is 31.2. The van der Waals surface area contributed by atoms with E-state index in [1.807, 2.05) is 84.9 Å². The van der Waals surface area contributed by atoms with Crippen LogP contribution in [-0.4, -0.2) is 63.0 Å². The summed E-state index contributed by atoms with van der Waals surface area (Å²) in [5, 5.41) is 13.8. The molecule has 3 aromatic carbocycles. The molecule has 0 aliphatic heterocycles. The minimum atomic E-state index is -3.62. The van der Waals surface area contributed by atoms with E-state index in [1.54, 1.807) is 39.4 Å². The molecule has 13 heteroatoms. The third-order valence-corrected chi connectivity index (χ3v) is 9.48. The number of H-pyrrole nitrogens is 1. The van der Waals surface area contributed by atoms with Crippen LogP contribution in [0.1, 0.15) is 44.4 Å². The maximum atomic E-state index is 13.4. The minimum absolute atomic E-state index is 0.0627. The van der Waals surface area contributed by atoms with Crippen LogP contribution in [0.15, 0.2) is 96.1 Å². The van der Waals surface area contributed by atoms with Crippen molar-refractivity contribution in [1.82, 2.24) is 19.5 Å². The van der Waals surface area contributed by atoms with Crippen molar-refractivity contribution >= 4 is 24.7 Å². The Morgan fingerprint density at radius 2 is 1.46 bits per heavy atom. The molecule has 0 spiro atoms. The molecular formula is C35H42N5O7P. The van der Waals surface area contributed by atoms with Crippen molar-refractivity contribution in [1.29, 1.82) is 0 Å². The van der Waals surface area contributed by atoms with E-state index in [2.05, 4.69) is 15.3 Å². The van der Waals surface area contributed by atoms with Gasteiger partial charge in [0.1, 0.15) is 17.6 Å². The number of methoxy groups -OCH3 is 1. The number of nitrogens with zero attached hydrogens (tertiary/aromatic N) is 3. The van der Waals surface area contributed by atoms with Gasteiger partial charge in [0.05, 0.1) is 44.9 Å². The van der Waals surface area contributed by atoms with Gasteiger partial charge in [-0.3, -0.25) is 14.3 Å². The van der Waals surface area contributed by atoms with Gasteiger partial charge in [-0.15, -0.1) is 0 Å². The Kier molecular flexibility index (Phi) is 11.1. The van der Waals surface area contributed by atoms with E-state index >= 15 is 0 Å². The maximum Gasteiger partial charge on any atom is 0.356 e. The van der Waals surface area contributed by atoms with Crippen LogP contribution >= 0.6 is 7.60 Å². The van der Waals surface area contributed by atoms with E-state index < -0.39 is 31.4 Å². The first kappa shape index (κ1) is 35.0. The highest BCUT2D eigenvalue weighted by molar-refractivity contribution is 7.53. The van der Waals surface area contributed by atoms with E-state index in [0.717, 1.165) is 16.7 Å². The SMILES string of the molecule is COc1ccc(C(Nc2nc3c(ncn3C[C@@H](CO)OCP(=O)(OC(C)C)OC(C)C)c(=O)[nH]2)(c2ccccc2)c2ccccc2)cc1. The molecule has 0 unspecified atom stereocenters. The molecule has 2 heterocycles. The predicted octanol–water partition coefficient (Wildman–Crippen LogP) is 5.91. The highest BCUT2D eigenvalue weighted by Gasteiger charge is 2.37. The number of aromatic amines is 1. The fourth-order valence-electron chi connectivity index (χ4n) is 5.57. The first-order chi connectivity index (χ1) is 23.1. The van der Waals surface area contributed by atoms with Gasteiger partial charge in [0.15, 0.2) is 11.2 Å². The van der Waals surface area contributed by atoms with Crippen LogP contribution in [0.3, 0.4) is 0 Å². The molecular weight excluding hydrogens is 633 g/mol. The normalized spacial score (nSPS) is 12.9. The minimum Gasteiger partial charge on any atom is -0.497 e. The van der Waals surface area contributed by atoms with Gasteiger partial charge in [-0.2, -0.15) is 4.98 Å². The van der Waals surface area contributed by atoms with Gasteiger partial charge in [0.25, 0.3) is 5.56 Å². The molecule has 0 saturated heterocycles. The summed E-state index contributed by atoms with van der Waals surface area (Å²) >= 11 is 0. The summed E-state index contributed by atoms with van der Waals surface area (Å²) in [4.78, 5) is 25.4. The van der Waals surface area contributed by atoms with Crippen LogP contribution in [-0.2, 0) is 30.4 Å². The average Bonchev–Trinajstić information content (AvgIpc) is 3.48. The second kappa shape index (κ2) is 15.3. The van der Waals surface area contributed by atoms with Crippen molar-refractivity contribution in [3.8, 4) is 5.75 Å². The number of fused-ring (bicyclic) bond motifs is 1. The molecule has 0 radical (unpaired) electrons. The van der Waals surface area contributed by atoms with E-state index in [-0.39, 0.29) is 42.2 Å². The lowest BCUT2D eigenvalue weighted by Gasteiger charge is -2.37. The molecule has 48 heavy (non-hydrogen) atoms. The fourth-order valence-corrected chi connectivity index (χ4v) is 7.42. The summed E-state index contributed by atoms with van der Waals surface area (Å²) in [6.45, 7) is 6.68. The summed E-state index contributed by atoms with van der Waals surface area (Å²) in [5.41, 5.74) is 1.63. The number of hydrogen-bond donors (Lipinski definition) is 3. The Morgan fingerprint density at radius 3 is 1.98 bits per heavy atom. The topological polar surface area (TPSA) is 150 Å². The number of imidazole rings is 1. The summed E-state index contributed by atoms with van der Waals surface area (Å²) in [7, 11) is -2.00. The number of aliphatic hydroxyl groups is 1. The van der Waals surface area contributed by atoms with Crippen LogP contribution in [0.4, 0.5) is 5.95 Å². The van der Waals surface area contributed by atoms with E-state index in [0.29, 0.717) is 5.75 Å². The molecule has 0 bridgehead atoms. The van der Waals surface area contributed by atoms with E-state index in [1.165, 1.54) is 6.33 Å². The first-order valence-corrected chi connectivity index (χ1v) is 17.5. The number of benzene rings is 3. The lowest BCUT2D eigenvalue weighted by Crippen LogP contribution is -2.39. The second-order valence-corrected chi connectivity index (χ2v) is 13.7. The molecule has 5 aromatic rings. The molecule has 0 amide bonds. The standard InChI is InChI=1S/C35H42N5O7P/c1-24(2)46-48(43,47-25(3)4)23-45-30(21-41)20-40-22-36-31-32(40)37-34(38-33(31)42)39-35(26-12-8-6-9-13-26,27-14-10-7-11-15-27)28-16-18-29(44-5)19-17-28/h6-19,22,24-25,30,41H,20-21,23H2,1-5H3,(H2,37,38,39,42)/t30-/m0/s1. The number of aliphatic hydroxyl groups excluding tert-OH is 1. The molecule has 0 saturated carbocycles. The van der Waals surface area contributed by atoms with Gasteiger partial charge >= 0.3 is 7.60 Å². The van der Waals surface area contributed by atoms with Crippen LogP contribution in [0.5, 0.6) is 5.75 Å². The quantitative estimate of drug-likeness (QED) is 0.0851. The average molecular weight is 676 g/mol. The van der Waals surface area contributed by atoms with Crippen LogP contribution in [0.25, 0.3) is 11.2 Å². The molecule has 12 nitrogen and oxygen atoms in total. The fraction of sp³-hybridized carbons (Fsp3) is 0.343. The number of ether oxygens (including phenoxy) is 2. The Hall–Kier alpha value is -4.32. The molecule has 5 rings (SSSR count). The number of aromatic nitrogens is 4. The Morgan fingerprint density at radius 1 is 0.896 bits per heavy atom. The van der Waals surface area contributed by atoms with Gasteiger partial charge in [0, 0.05) is 0 Å². The number of anilines is 1. The Balaban J connectivity index is 1.54. The van der Waals surface area contributed by atoms with Crippen molar-refractivity contribution in [2.45, 2.75) is 58.1 Å². The summed E-state index contributed by atoms with van der Waals surface area (Å²) < 4.78 is 37.4. The molecule has 0 aliphatic carbocycles. The van der Waals surface area contributed by atoms with Crippen LogP contribution in [0.2, 0.25) is 0 Å². The van der Waals surface area contributed by atoms with Crippen molar-refractivity contribution in [3.63, 3.8) is 0 Å². The third kappa shape index (κ3) is 7.86. The van der Waals surface area contributed by atoms with E-state index in [9.17, 15) is 14.5 Å². The third-order valence-electron chi connectivity index (χ3n) is 7.53.